The molecular formula is C18H23Cl2NO4. The van der Waals surface area contributed by atoms with Crippen LogP contribution < -0.4 is 5.32 Å². The molecule has 0 bridgehead atoms. The van der Waals surface area contributed by atoms with Crippen molar-refractivity contribution < 1.29 is 19.4 Å². The highest BCUT2D eigenvalue weighted by Crippen LogP contribution is 2.51. The maximum absolute atomic E-state index is 12.7. The van der Waals surface area contributed by atoms with Gasteiger partial charge in [0.25, 0.3) is 0 Å². The van der Waals surface area contributed by atoms with Crippen molar-refractivity contribution in [2.75, 3.05) is 6.61 Å². The molecule has 138 valence electrons. The second-order valence-electron chi connectivity index (χ2n) is 6.96. The molecule has 3 atom stereocenters. The van der Waals surface area contributed by atoms with E-state index >= 15 is 0 Å². The van der Waals surface area contributed by atoms with E-state index in [4.69, 9.17) is 27.9 Å². The van der Waals surface area contributed by atoms with Crippen molar-refractivity contribution in [3.8, 4) is 0 Å². The normalized spacial score (nSPS) is 25.8. The molecule has 5 nitrogen and oxygen atoms in total. The zero-order valence-corrected chi connectivity index (χ0v) is 16.2. The van der Waals surface area contributed by atoms with Crippen LogP contribution in [0.5, 0.6) is 0 Å². The van der Waals surface area contributed by atoms with E-state index < -0.39 is 22.8 Å². The van der Waals surface area contributed by atoms with Gasteiger partial charge in [-0.25, -0.2) is 4.79 Å². The molecule has 25 heavy (non-hydrogen) atoms. The molecule has 1 saturated carbocycles. The molecule has 0 saturated heterocycles. The summed E-state index contributed by atoms with van der Waals surface area (Å²) >= 11 is 11.9. The van der Waals surface area contributed by atoms with Gasteiger partial charge in [-0.2, -0.15) is 0 Å². The predicted molar refractivity (Wildman–Crippen MR) is 97.2 cm³/mol. The third-order valence-corrected chi connectivity index (χ3v) is 6.04. The lowest BCUT2D eigenvalue weighted by atomic mass is 9.54. The van der Waals surface area contributed by atoms with E-state index in [9.17, 15) is 14.7 Å². The number of carboxylic acid groups (broad SMARTS) is 1. The Labute approximate surface area is 157 Å². The number of carboxylic acids is 1. The summed E-state index contributed by atoms with van der Waals surface area (Å²) < 4.78 is 5.61. The van der Waals surface area contributed by atoms with Crippen molar-refractivity contribution in [2.24, 2.45) is 5.41 Å². The Bertz CT molecular complexity index is 692. The zero-order valence-electron chi connectivity index (χ0n) is 14.7. The summed E-state index contributed by atoms with van der Waals surface area (Å²) in [7, 11) is 0. The number of carbonyl (C=O) groups is 2. The molecule has 1 aromatic rings. The lowest BCUT2D eigenvalue weighted by Crippen LogP contribution is -2.76. The molecule has 7 heteroatoms. The fourth-order valence-electron chi connectivity index (χ4n) is 3.29. The Hall–Kier alpha value is -1.30. The summed E-state index contributed by atoms with van der Waals surface area (Å²) in [5, 5.41) is 13.3. The number of halogens is 2. The van der Waals surface area contributed by atoms with E-state index in [2.05, 4.69) is 5.32 Å². The number of nitrogens with one attached hydrogen (secondary N) is 1. The first-order valence-electron chi connectivity index (χ1n) is 8.18. The molecule has 0 heterocycles. The number of rotatable bonds is 6. The first-order valence-corrected chi connectivity index (χ1v) is 8.94. The van der Waals surface area contributed by atoms with Crippen molar-refractivity contribution in [1.29, 1.82) is 0 Å². The molecule has 2 rings (SSSR count). The summed E-state index contributed by atoms with van der Waals surface area (Å²) in [4.78, 5) is 24.7. The minimum absolute atomic E-state index is 0.214. The Balaban J connectivity index is 2.21. The van der Waals surface area contributed by atoms with Gasteiger partial charge >= 0.3 is 5.97 Å². The van der Waals surface area contributed by atoms with Crippen LogP contribution in [0.25, 0.3) is 0 Å². The van der Waals surface area contributed by atoms with Crippen LogP contribution in [-0.4, -0.2) is 35.2 Å². The minimum atomic E-state index is -1.35. The van der Waals surface area contributed by atoms with E-state index in [0.717, 1.165) is 0 Å². The van der Waals surface area contributed by atoms with Gasteiger partial charge in [-0.15, -0.1) is 0 Å². The van der Waals surface area contributed by atoms with E-state index in [1.54, 1.807) is 39.0 Å². The van der Waals surface area contributed by atoms with Gasteiger partial charge in [-0.3, -0.25) is 4.79 Å². The predicted octanol–water partition coefficient (Wildman–Crippen LogP) is 3.87. The molecule has 0 aliphatic heterocycles. The molecule has 1 aliphatic carbocycles. The number of amides is 1. The summed E-state index contributed by atoms with van der Waals surface area (Å²) in [6.45, 7) is 7.67. The average molecular weight is 388 g/mol. The van der Waals surface area contributed by atoms with E-state index in [0.29, 0.717) is 22.2 Å². The molecule has 0 spiro atoms. The van der Waals surface area contributed by atoms with Gasteiger partial charge in [0.05, 0.1) is 22.1 Å². The number of benzene rings is 1. The Morgan fingerprint density at radius 2 is 2.00 bits per heavy atom. The molecule has 1 fully saturated rings. The highest BCUT2D eigenvalue weighted by molar-refractivity contribution is 6.42. The van der Waals surface area contributed by atoms with E-state index in [-0.39, 0.29) is 18.4 Å². The lowest BCUT2D eigenvalue weighted by molar-refractivity contribution is -0.194. The van der Waals surface area contributed by atoms with Crippen LogP contribution in [-0.2, 0) is 14.3 Å². The Morgan fingerprint density at radius 1 is 1.36 bits per heavy atom. The smallest absolute Gasteiger partial charge is 0.330 e. The summed E-state index contributed by atoms with van der Waals surface area (Å²) in [5.41, 5.74) is -1.40. The van der Waals surface area contributed by atoms with Crippen LogP contribution in [0, 0.1) is 5.41 Å². The third kappa shape index (κ3) is 3.37. The lowest BCUT2D eigenvalue weighted by Gasteiger charge is -2.58. The van der Waals surface area contributed by atoms with Crippen LogP contribution in [0.2, 0.25) is 10.0 Å². The van der Waals surface area contributed by atoms with Crippen molar-refractivity contribution in [3.63, 3.8) is 0 Å². The first-order chi connectivity index (χ1) is 11.6. The maximum atomic E-state index is 12.7. The van der Waals surface area contributed by atoms with Gasteiger partial charge < -0.3 is 15.2 Å². The standard InChI is InChI=1S/C18H23Cl2NO4/c1-5-25-14-9-18(16(23)24,17(14,3)4)21-15(22)10(2)11-6-7-12(19)13(20)8-11/h6-8,10,14H,5,9H2,1-4H3,(H,21,22)(H,23,24). The van der Waals surface area contributed by atoms with Crippen molar-refractivity contribution in [3.05, 3.63) is 33.8 Å². The van der Waals surface area contributed by atoms with E-state index in [1.165, 1.54) is 0 Å². The van der Waals surface area contributed by atoms with Gasteiger partial charge in [0, 0.05) is 18.4 Å². The summed E-state index contributed by atoms with van der Waals surface area (Å²) in [6.07, 6.45) is 0.0254. The van der Waals surface area contributed by atoms with Gasteiger partial charge in [-0.1, -0.05) is 43.1 Å². The monoisotopic (exact) mass is 387 g/mol. The number of ether oxygens (including phenoxy) is 1. The number of aliphatic carboxylic acids is 1. The molecular weight excluding hydrogens is 365 g/mol. The molecule has 1 aromatic carbocycles. The molecule has 0 radical (unpaired) electrons. The zero-order chi connectivity index (χ0) is 19.0. The van der Waals surface area contributed by atoms with Crippen molar-refractivity contribution >= 4 is 35.1 Å². The number of hydrogen-bond acceptors (Lipinski definition) is 3. The molecule has 2 N–H and O–H groups in total. The minimum Gasteiger partial charge on any atom is -0.479 e. The van der Waals surface area contributed by atoms with Gasteiger partial charge in [-0.05, 0) is 31.5 Å². The molecule has 1 amide bonds. The van der Waals surface area contributed by atoms with Crippen molar-refractivity contribution in [2.45, 2.75) is 51.7 Å². The third-order valence-electron chi connectivity index (χ3n) is 5.30. The van der Waals surface area contributed by atoms with Gasteiger partial charge in [0.15, 0.2) is 0 Å². The second-order valence-corrected chi connectivity index (χ2v) is 7.78. The number of hydrogen-bond donors (Lipinski definition) is 2. The van der Waals surface area contributed by atoms with Gasteiger partial charge in [0.1, 0.15) is 5.54 Å². The SMILES string of the molecule is CCOC1CC(NC(=O)C(C)c2ccc(Cl)c(Cl)c2)(C(=O)O)C1(C)C. The van der Waals surface area contributed by atoms with Crippen LogP contribution in [0.15, 0.2) is 18.2 Å². The van der Waals surface area contributed by atoms with E-state index in [1.807, 2.05) is 6.92 Å². The Kier molecular flexibility index (Phi) is 5.71. The molecule has 1 aliphatic rings. The quantitative estimate of drug-likeness (QED) is 0.776. The fourth-order valence-corrected chi connectivity index (χ4v) is 3.60. The summed E-state index contributed by atoms with van der Waals surface area (Å²) in [5.74, 6) is -1.99. The maximum Gasteiger partial charge on any atom is 0.330 e. The van der Waals surface area contributed by atoms with Crippen LogP contribution >= 0.6 is 23.2 Å². The summed E-state index contributed by atoms with van der Waals surface area (Å²) in [6, 6.07) is 4.95. The van der Waals surface area contributed by atoms with Crippen LogP contribution in [0.3, 0.4) is 0 Å². The fraction of sp³-hybridized carbons (Fsp3) is 0.556. The highest BCUT2D eigenvalue weighted by atomic mass is 35.5. The molecule has 0 aromatic heterocycles. The Morgan fingerprint density at radius 3 is 2.48 bits per heavy atom. The molecule has 3 unspecified atom stereocenters. The van der Waals surface area contributed by atoms with Gasteiger partial charge in [0.2, 0.25) is 5.91 Å². The average Bonchev–Trinajstić information content (AvgIpc) is 2.54. The topological polar surface area (TPSA) is 75.6 Å². The van der Waals surface area contributed by atoms with Crippen LogP contribution in [0.1, 0.15) is 45.6 Å². The highest BCUT2D eigenvalue weighted by Gasteiger charge is 2.66. The second kappa shape index (κ2) is 7.14. The first kappa shape index (κ1) is 20.0. The van der Waals surface area contributed by atoms with Crippen LogP contribution in [0.4, 0.5) is 0 Å². The largest absolute Gasteiger partial charge is 0.479 e. The number of carbonyl (C=O) groups excluding carboxylic acids is 1. The van der Waals surface area contributed by atoms with Crippen molar-refractivity contribution in [1.82, 2.24) is 5.32 Å².